The summed E-state index contributed by atoms with van der Waals surface area (Å²) in [5.74, 6) is 1.28. The molecule has 6 heteroatoms. The summed E-state index contributed by atoms with van der Waals surface area (Å²) in [6.45, 7) is 2.62. The maximum absolute atomic E-state index is 12.7. The van der Waals surface area contributed by atoms with Gasteiger partial charge in [-0.15, -0.1) is 0 Å². The van der Waals surface area contributed by atoms with Crippen LogP contribution >= 0.6 is 0 Å². The van der Waals surface area contributed by atoms with Gasteiger partial charge in [0.25, 0.3) is 5.91 Å². The third-order valence-electron chi connectivity index (χ3n) is 5.42. The molecule has 0 unspecified atom stereocenters. The Labute approximate surface area is 174 Å². The van der Waals surface area contributed by atoms with Crippen LogP contribution in [0.15, 0.2) is 71.6 Å². The van der Waals surface area contributed by atoms with Crippen molar-refractivity contribution in [1.29, 1.82) is 0 Å². The topological polar surface area (TPSA) is 73.0 Å². The van der Waals surface area contributed by atoms with Crippen LogP contribution < -0.4 is 5.32 Å². The minimum absolute atomic E-state index is 0.0566. The van der Waals surface area contributed by atoms with Crippen molar-refractivity contribution in [3.63, 3.8) is 0 Å². The smallest absolute Gasteiger partial charge is 0.253 e. The summed E-state index contributed by atoms with van der Waals surface area (Å²) < 4.78 is 7.36. The van der Waals surface area contributed by atoms with E-state index in [0.29, 0.717) is 17.2 Å². The fraction of sp³-hybridized carbons (Fsp3) is 0.208. The van der Waals surface area contributed by atoms with Crippen LogP contribution in [0, 0.1) is 12.8 Å². The molecule has 0 spiro atoms. The van der Waals surface area contributed by atoms with E-state index in [4.69, 9.17) is 4.52 Å². The number of rotatable bonds is 6. The first-order valence-corrected chi connectivity index (χ1v) is 10.1. The molecule has 1 fully saturated rings. The summed E-state index contributed by atoms with van der Waals surface area (Å²) >= 11 is 0. The van der Waals surface area contributed by atoms with E-state index in [1.807, 2.05) is 72.3 Å². The summed E-state index contributed by atoms with van der Waals surface area (Å²) in [5, 5.41) is 7.30. The normalized spacial score (nSPS) is 13.4. The van der Waals surface area contributed by atoms with Crippen molar-refractivity contribution in [2.75, 3.05) is 6.54 Å². The Hall–Kier alpha value is -3.67. The van der Waals surface area contributed by atoms with Crippen molar-refractivity contribution in [3.8, 4) is 28.2 Å². The van der Waals surface area contributed by atoms with Gasteiger partial charge in [0.2, 0.25) is 0 Å². The number of carbonyl (C=O) groups is 1. The highest BCUT2D eigenvalue weighted by molar-refractivity contribution is 5.97. The Bertz CT molecular complexity index is 1190. The zero-order chi connectivity index (χ0) is 20.5. The van der Waals surface area contributed by atoms with Gasteiger partial charge in [-0.2, -0.15) is 0 Å². The molecule has 2 aromatic carbocycles. The lowest BCUT2D eigenvalue weighted by Gasteiger charge is -2.10. The number of amides is 1. The molecule has 0 saturated heterocycles. The van der Waals surface area contributed by atoms with E-state index in [1.54, 1.807) is 6.33 Å². The number of carbonyl (C=O) groups excluding carboxylic acids is 1. The summed E-state index contributed by atoms with van der Waals surface area (Å²) in [7, 11) is 0. The summed E-state index contributed by atoms with van der Waals surface area (Å²) in [6, 6.07) is 17.5. The minimum atomic E-state index is -0.0566. The highest BCUT2D eigenvalue weighted by Gasteiger charge is 2.23. The van der Waals surface area contributed by atoms with E-state index in [9.17, 15) is 4.79 Å². The summed E-state index contributed by atoms with van der Waals surface area (Å²) in [6.07, 6.45) is 6.05. The number of aromatic nitrogens is 3. The molecule has 0 aliphatic heterocycles. The van der Waals surface area contributed by atoms with Gasteiger partial charge in [0.15, 0.2) is 0 Å². The first-order valence-electron chi connectivity index (χ1n) is 10.1. The monoisotopic (exact) mass is 398 g/mol. The molecule has 5 rings (SSSR count). The van der Waals surface area contributed by atoms with E-state index >= 15 is 0 Å². The van der Waals surface area contributed by atoms with Crippen molar-refractivity contribution < 1.29 is 9.32 Å². The average molecular weight is 398 g/mol. The number of aryl methyl sites for hydroxylation is 1. The van der Waals surface area contributed by atoms with Crippen LogP contribution in [0.3, 0.4) is 0 Å². The molecule has 1 aliphatic carbocycles. The number of benzene rings is 2. The molecule has 6 nitrogen and oxygen atoms in total. The molecular formula is C24H22N4O2. The van der Waals surface area contributed by atoms with E-state index in [1.165, 1.54) is 12.8 Å². The fourth-order valence-corrected chi connectivity index (χ4v) is 3.60. The van der Waals surface area contributed by atoms with Crippen LogP contribution in [0.2, 0.25) is 0 Å². The number of para-hydroxylation sites is 1. The zero-order valence-corrected chi connectivity index (χ0v) is 16.7. The molecule has 1 aliphatic rings. The third-order valence-corrected chi connectivity index (χ3v) is 5.42. The van der Waals surface area contributed by atoms with E-state index < -0.39 is 0 Å². The van der Waals surface area contributed by atoms with Crippen LogP contribution in [0.1, 0.15) is 29.0 Å². The van der Waals surface area contributed by atoms with E-state index in [-0.39, 0.29) is 5.91 Å². The second-order valence-electron chi connectivity index (χ2n) is 7.67. The zero-order valence-electron chi connectivity index (χ0n) is 16.7. The first-order chi connectivity index (χ1) is 14.7. The lowest BCUT2D eigenvalue weighted by atomic mass is 10.0. The second kappa shape index (κ2) is 7.63. The van der Waals surface area contributed by atoms with Crippen molar-refractivity contribution >= 4 is 5.91 Å². The lowest BCUT2D eigenvalue weighted by molar-refractivity contribution is 0.0952. The second-order valence-corrected chi connectivity index (χ2v) is 7.67. The fourth-order valence-electron chi connectivity index (χ4n) is 3.60. The van der Waals surface area contributed by atoms with E-state index in [2.05, 4.69) is 15.5 Å². The van der Waals surface area contributed by atoms with Gasteiger partial charge in [0.05, 0.1) is 28.8 Å². The van der Waals surface area contributed by atoms with Crippen molar-refractivity contribution in [1.82, 2.24) is 20.0 Å². The molecule has 0 radical (unpaired) electrons. The molecule has 1 saturated carbocycles. The van der Waals surface area contributed by atoms with Crippen LogP contribution in [0.4, 0.5) is 0 Å². The molecule has 0 atom stereocenters. The molecule has 4 aromatic rings. The molecule has 1 amide bonds. The number of imidazole rings is 1. The Morgan fingerprint density at radius 1 is 1.13 bits per heavy atom. The Kier molecular flexibility index (Phi) is 4.67. The first kappa shape index (κ1) is 18.4. The SMILES string of the molecule is Cc1onc(-c2ccccc2)c1-c1cn(-c2ccccc2C(=O)NCC2CC2)cn1. The molecule has 150 valence electrons. The summed E-state index contributed by atoms with van der Waals surface area (Å²) in [4.78, 5) is 17.3. The van der Waals surface area contributed by atoms with Gasteiger partial charge in [-0.3, -0.25) is 4.79 Å². The van der Waals surface area contributed by atoms with Crippen molar-refractivity contribution in [2.24, 2.45) is 5.92 Å². The Morgan fingerprint density at radius 2 is 1.90 bits per heavy atom. The predicted molar refractivity (Wildman–Crippen MR) is 114 cm³/mol. The maximum atomic E-state index is 12.7. The van der Waals surface area contributed by atoms with Gasteiger partial charge in [-0.05, 0) is 37.8 Å². The van der Waals surface area contributed by atoms with Crippen molar-refractivity contribution in [3.05, 3.63) is 78.4 Å². The van der Waals surface area contributed by atoms with E-state index in [0.717, 1.165) is 34.7 Å². The molecule has 30 heavy (non-hydrogen) atoms. The molecular weight excluding hydrogens is 376 g/mol. The highest BCUT2D eigenvalue weighted by atomic mass is 16.5. The lowest BCUT2D eigenvalue weighted by Crippen LogP contribution is -2.26. The van der Waals surface area contributed by atoms with Gasteiger partial charge < -0.3 is 14.4 Å². The maximum Gasteiger partial charge on any atom is 0.253 e. The van der Waals surface area contributed by atoms with Crippen LogP contribution in [0.25, 0.3) is 28.2 Å². The average Bonchev–Trinajstić information content (AvgIpc) is 3.35. The number of hydrogen-bond acceptors (Lipinski definition) is 4. The minimum Gasteiger partial charge on any atom is -0.360 e. The van der Waals surface area contributed by atoms with Crippen LogP contribution in [0.5, 0.6) is 0 Å². The molecule has 0 bridgehead atoms. The van der Waals surface area contributed by atoms with Gasteiger partial charge >= 0.3 is 0 Å². The number of nitrogens with zero attached hydrogens (tertiary/aromatic N) is 3. The Balaban J connectivity index is 1.49. The molecule has 2 aromatic heterocycles. The largest absolute Gasteiger partial charge is 0.360 e. The highest BCUT2D eigenvalue weighted by Crippen LogP contribution is 2.33. The Morgan fingerprint density at radius 3 is 2.70 bits per heavy atom. The van der Waals surface area contributed by atoms with Gasteiger partial charge in [0.1, 0.15) is 11.5 Å². The van der Waals surface area contributed by atoms with Crippen LogP contribution in [-0.4, -0.2) is 27.2 Å². The predicted octanol–water partition coefficient (Wildman–Crippen LogP) is 4.64. The van der Waals surface area contributed by atoms with Gasteiger partial charge in [-0.1, -0.05) is 47.6 Å². The van der Waals surface area contributed by atoms with Crippen LogP contribution in [-0.2, 0) is 0 Å². The third kappa shape index (κ3) is 3.52. The van der Waals surface area contributed by atoms with Crippen molar-refractivity contribution in [2.45, 2.75) is 19.8 Å². The number of nitrogens with one attached hydrogen (secondary N) is 1. The quantitative estimate of drug-likeness (QED) is 0.513. The van der Waals surface area contributed by atoms with Gasteiger partial charge in [0, 0.05) is 18.3 Å². The standard InChI is InChI=1S/C24H22N4O2/c1-16-22(23(27-30-16)18-7-3-2-4-8-18)20-14-28(15-26-20)21-10-6-5-9-19(21)24(29)25-13-17-11-12-17/h2-10,14-15,17H,11-13H2,1H3,(H,25,29). The molecule has 1 N–H and O–H groups in total. The van der Waals surface area contributed by atoms with Gasteiger partial charge in [-0.25, -0.2) is 4.98 Å². The number of hydrogen-bond donors (Lipinski definition) is 1. The molecule has 2 heterocycles. The summed E-state index contributed by atoms with van der Waals surface area (Å²) in [5.41, 5.74) is 4.76.